The Labute approximate surface area is 122 Å². The number of rotatable bonds is 8. The predicted octanol–water partition coefficient (Wildman–Crippen LogP) is 1.27. The maximum absolute atomic E-state index is 12.5. The minimum absolute atomic E-state index is 0.0205. The van der Waals surface area contributed by atoms with Gasteiger partial charge in [-0.2, -0.15) is 0 Å². The highest BCUT2D eigenvalue weighted by Gasteiger charge is 2.25. The normalized spacial score (nSPS) is 10.2. The SMILES string of the molecule is CCCN(CCO)C(=O)c1cc(NCC)ncc1[N+](=O)[O-]. The first-order chi connectivity index (χ1) is 10.0. The molecule has 0 aliphatic rings. The smallest absolute Gasteiger partial charge is 0.300 e. The van der Waals surface area contributed by atoms with Crippen molar-refractivity contribution < 1.29 is 14.8 Å². The minimum Gasteiger partial charge on any atom is -0.395 e. The van der Waals surface area contributed by atoms with Gasteiger partial charge in [0.2, 0.25) is 0 Å². The van der Waals surface area contributed by atoms with E-state index in [1.54, 1.807) is 0 Å². The number of amides is 1. The summed E-state index contributed by atoms with van der Waals surface area (Å²) in [6.07, 6.45) is 1.78. The zero-order valence-electron chi connectivity index (χ0n) is 12.2. The molecule has 1 rings (SSSR count). The summed E-state index contributed by atoms with van der Waals surface area (Å²) in [7, 11) is 0. The van der Waals surface area contributed by atoms with Crippen molar-refractivity contribution >= 4 is 17.4 Å². The number of carbonyl (C=O) groups excluding carboxylic acids is 1. The molecule has 8 nitrogen and oxygen atoms in total. The molecule has 0 bridgehead atoms. The van der Waals surface area contributed by atoms with Crippen LogP contribution in [0.25, 0.3) is 0 Å². The lowest BCUT2D eigenvalue weighted by Gasteiger charge is -2.21. The van der Waals surface area contributed by atoms with Gasteiger partial charge in [-0.3, -0.25) is 14.9 Å². The van der Waals surface area contributed by atoms with Crippen LogP contribution in [0.2, 0.25) is 0 Å². The molecular weight excluding hydrogens is 276 g/mol. The van der Waals surface area contributed by atoms with Crippen molar-refractivity contribution in [3.05, 3.63) is 27.9 Å². The van der Waals surface area contributed by atoms with Crippen molar-refractivity contribution in [3.63, 3.8) is 0 Å². The van der Waals surface area contributed by atoms with Crippen molar-refractivity contribution in [2.24, 2.45) is 0 Å². The van der Waals surface area contributed by atoms with Crippen molar-refractivity contribution in [2.75, 3.05) is 31.6 Å². The molecule has 0 fully saturated rings. The zero-order chi connectivity index (χ0) is 15.8. The van der Waals surface area contributed by atoms with Crippen LogP contribution in [0.5, 0.6) is 0 Å². The summed E-state index contributed by atoms with van der Waals surface area (Å²) < 4.78 is 0. The molecule has 0 aliphatic carbocycles. The van der Waals surface area contributed by atoms with Gasteiger partial charge in [-0.25, -0.2) is 4.98 Å². The van der Waals surface area contributed by atoms with Crippen molar-refractivity contribution in [1.29, 1.82) is 0 Å². The molecule has 0 unspecified atom stereocenters. The lowest BCUT2D eigenvalue weighted by molar-refractivity contribution is -0.385. The number of nitro groups is 1. The quantitative estimate of drug-likeness (QED) is 0.552. The second-order valence-corrected chi connectivity index (χ2v) is 4.39. The Hall–Kier alpha value is -2.22. The van der Waals surface area contributed by atoms with Gasteiger partial charge in [0.25, 0.3) is 11.6 Å². The van der Waals surface area contributed by atoms with E-state index in [2.05, 4.69) is 10.3 Å². The van der Waals surface area contributed by atoms with Crippen LogP contribution in [0.4, 0.5) is 11.5 Å². The second-order valence-electron chi connectivity index (χ2n) is 4.39. The molecule has 1 amide bonds. The van der Waals surface area contributed by atoms with Crippen LogP contribution in [0.3, 0.4) is 0 Å². The van der Waals surface area contributed by atoms with Crippen molar-refractivity contribution in [2.45, 2.75) is 20.3 Å². The molecular formula is C13H20N4O4. The van der Waals surface area contributed by atoms with Gasteiger partial charge in [0.1, 0.15) is 17.6 Å². The molecule has 0 aromatic carbocycles. The van der Waals surface area contributed by atoms with Crippen LogP contribution in [0.1, 0.15) is 30.6 Å². The zero-order valence-corrected chi connectivity index (χ0v) is 12.2. The van der Waals surface area contributed by atoms with Gasteiger partial charge in [0.05, 0.1) is 11.5 Å². The van der Waals surface area contributed by atoms with Crippen LogP contribution in [-0.2, 0) is 0 Å². The van der Waals surface area contributed by atoms with E-state index in [1.807, 2.05) is 13.8 Å². The van der Waals surface area contributed by atoms with E-state index in [0.717, 1.165) is 6.20 Å². The molecule has 21 heavy (non-hydrogen) atoms. The maximum Gasteiger partial charge on any atom is 0.300 e. The third kappa shape index (κ3) is 4.38. The molecule has 0 radical (unpaired) electrons. The van der Waals surface area contributed by atoms with Crippen LogP contribution in [0.15, 0.2) is 12.3 Å². The van der Waals surface area contributed by atoms with Crippen LogP contribution in [0, 0.1) is 10.1 Å². The molecule has 116 valence electrons. The summed E-state index contributed by atoms with van der Waals surface area (Å²) in [4.78, 5) is 28.2. The second kappa shape index (κ2) is 8.15. The topological polar surface area (TPSA) is 109 Å². The highest BCUT2D eigenvalue weighted by Crippen LogP contribution is 2.22. The first-order valence-electron chi connectivity index (χ1n) is 6.83. The maximum atomic E-state index is 12.5. The largest absolute Gasteiger partial charge is 0.395 e. The fraction of sp³-hybridized carbons (Fsp3) is 0.538. The van der Waals surface area contributed by atoms with Gasteiger partial charge in [-0.15, -0.1) is 0 Å². The summed E-state index contributed by atoms with van der Waals surface area (Å²) in [6, 6.07) is 1.38. The number of carbonyl (C=O) groups is 1. The summed E-state index contributed by atoms with van der Waals surface area (Å²) in [5.41, 5.74) is -0.353. The number of anilines is 1. The molecule has 0 aliphatic heterocycles. The third-order valence-electron chi connectivity index (χ3n) is 2.82. The number of nitrogens with zero attached hydrogens (tertiary/aromatic N) is 3. The molecule has 1 aromatic rings. The van der Waals surface area contributed by atoms with Crippen molar-refractivity contribution in [3.8, 4) is 0 Å². The van der Waals surface area contributed by atoms with E-state index < -0.39 is 10.8 Å². The predicted molar refractivity (Wildman–Crippen MR) is 78.3 cm³/mol. The van der Waals surface area contributed by atoms with E-state index in [-0.39, 0.29) is 24.4 Å². The summed E-state index contributed by atoms with van der Waals surface area (Å²) in [5.74, 6) is -0.0638. The molecule has 1 heterocycles. The van der Waals surface area contributed by atoms with Crippen LogP contribution in [-0.4, -0.2) is 52.1 Å². The minimum atomic E-state index is -0.626. The van der Waals surface area contributed by atoms with E-state index >= 15 is 0 Å². The Morgan fingerprint density at radius 3 is 2.71 bits per heavy atom. The Balaban J connectivity index is 3.19. The molecule has 0 atom stereocenters. The standard InChI is InChI=1S/C13H20N4O4/c1-3-5-16(6-7-18)13(19)10-8-12(14-4-2)15-9-11(10)17(20)21/h8-9,18H,3-7H2,1-2H3,(H,14,15). The fourth-order valence-electron chi connectivity index (χ4n) is 1.92. The lowest BCUT2D eigenvalue weighted by Crippen LogP contribution is -2.34. The van der Waals surface area contributed by atoms with Crippen LogP contribution >= 0.6 is 0 Å². The monoisotopic (exact) mass is 296 g/mol. The number of aromatic nitrogens is 1. The van der Waals surface area contributed by atoms with Crippen LogP contribution < -0.4 is 5.32 Å². The number of nitrogens with one attached hydrogen (secondary N) is 1. The first kappa shape index (κ1) is 16.8. The van der Waals surface area contributed by atoms with E-state index in [1.165, 1.54) is 11.0 Å². The van der Waals surface area contributed by atoms with E-state index in [4.69, 9.17) is 5.11 Å². The number of hydrogen-bond donors (Lipinski definition) is 2. The average molecular weight is 296 g/mol. The number of hydrogen-bond acceptors (Lipinski definition) is 6. The molecule has 8 heteroatoms. The highest BCUT2D eigenvalue weighted by molar-refractivity contribution is 5.98. The lowest BCUT2D eigenvalue weighted by atomic mass is 10.2. The van der Waals surface area contributed by atoms with Gasteiger partial charge >= 0.3 is 0 Å². The molecule has 0 saturated carbocycles. The number of aliphatic hydroxyl groups excluding tert-OH is 1. The Bertz CT molecular complexity index is 501. The molecule has 0 saturated heterocycles. The molecule has 1 aromatic heterocycles. The van der Waals surface area contributed by atoms with Gasteiger partial charge in [-0.05, 0) is 13.3 Å². The molecule has 0 spiro atoms. The Kier molecular flexibility index (Phi) is 6.54. The summed E-state index contributed by atoms with van der Waals surface area (Å²) in [6.45, 7) is 4.72. The van der Waals surface area contributed by atoms with Gasteiger partial charge < -0.3 is 15.3 Å². The number of pyridine rings is 1. The van der Waals surface area contributed by atoms with Gasteiger partial charge in [0, 0.05) is 25.7 Å². The molecule has 2 N–H and O–H groups in total. The third-order valence-corrected chi connectivity index (χ3v) is 2.82. The highest BCUT2D eigenvalue weighted by atomic mass is 16.6. The number of aliphatic hydroxyl groups is 1. The van der Waals surface area contributed by atoms with Crippen molar-refractivity contribution in [1.82, 2.24) is 9.88 Å². The van der Waals surface area contributed by atoms with Gasteiger partial charge in [-0.1, -0.05) is 6.92 Å². The summed E-state index contributed by atoms with van der Waals surface area (Å²) >= 11 is 0. The van der Waals surface area contributed by atoms with E-state index in [9.17, 15) is 14.9 Å². The Morgan fingerprint density at radius 1 is 1.48 bits per heavy atom. The summed E-state index contributed by atoms with van der Waals surface area (Å²) in [5, 5.41) is 23.0. The fourth-order valence-corrected chi connectivity index (χ4v) is 1.92. The first-order valence-corrected chi connectivity index (χ1v) is 6.83. The Morgan fingerprint density at radius 2 is 2.19 bits per heavy atom. The average Bonchev–Trinajstić information content (AvgIpc) is 2.46. The van der Waals surface area contributed by atoms with E-state index in [0.29, 0.717) is 25.3 Å². The van der Waals surface area contributed by atoms with Gasteiger partial charge in [0.15, 0.2) is 0 Å².